The molecule has 22 heavy (non-hydrogen) atoms. The minimum absolute atomic E-state index is 0.0822. The van der Waals surface area contributed by atoms with Crippen LogP contribution in [0.2, 0.25) is 0 Å². The van der Waals surface area contributed by atoms with Crippen LogP contribution in [0.15, 0.2) is 48.3 Å². The van der Waals surface area contributed by atoms with Gasteiger partial charge >= 0.3 is 12.1 Å². The number of allylic oxidation sites excluding steroid dienone is 1. The molecule has 1 aliphatic heterocycles. The van der Waals surface area contributed by atoms with Crippen LogP contribution in [0.4, 0.5) is 13.2 Å². The Morgan fingerprint density at radius 3 is 2.41 bits per heavy atom. The predicted molar refractivity (Wildman–Crippen MR) is 73.9 cm³/mol. The zero-order chi connectivity index (χ0) is 16.5. The number of esters is 1. The minimum atomic E-state index is -4.72. The van der Waals surface area contributed by atoms with Gasteiger partial charge in [0.15, 0.2) is 0 Å². The molecule has 0 aromatic heterocycles. The molecule has 118 valence electrons. The molecule has 6 heteroatoms. The summed E-state index contributed by atoms with van der Waals surface area (Å²) in [6, 6.07) is 5.81. The van der Waals surface area contributed by atoms with Crippen molar-refractivity contribution in [3.63, 3.8) is 0 Å². The largest absolute Gasteiger partial charge is 0.473 e. The highest BCUT2D eigenvalue weighted by Gasteiger charge is 2.60. The van der Waals surface area contributed by atoms with Crippen LogP contribution < -0.4 is 0 Å². The van der Waals surface area contributed by atoms with Gasteiger partial charge in [-0.15, -0.1) is 0 Å². The molecule has 0 bridgehead atoms. The molecule has 0 fully saturated rings. The van der Waals surface area contributed by atoms with Crippen molar-refractivity contribution in [1.29, 1.82) is 0 Å². The molecule has 1 atom stereocenters. The van der Waals surface area contributed by atoms with Gasteiger partial charge in [-0.3, -0.25) is 0 Å². The van der Waals surface area contributed by atoms with Crippen LogP contribution in [0.5, 0.6) is 0 Å². The summed E-state index contributed by atoms with van der Waals surface area (Å²) in [6.07, 6.45) is -4.21. The molecule has 0 radical (unpaired) electrons. The number of methoxy groups -OCH3 is 1. The third kappa shape index (κ3) is 2.73. The van der Waals surface area contributed by atoms with Crippen LogP contribution in [-0.4, -0.2) is 19.3 Å². The van der Waals surface area contributed by atoms with Crippen molar-refractivity contribution in [2.75, 3.05) is 7.11 Å². The number of benzene rings is 1. The Hall–Kier alpha value is -2.24. The molecule has 0 aliphatic carbocycles. The lowest BCUT2D eigenvalue weighted by Gasteiger charge is -2.39. The number of aryl methyl sites for hydroxylation is 1. The molecule has 1 aromatic rings. The number of carbonyl (C=O) groups is 1. The van der Waals surface area contributed by atoms with Crippen molar-refractivity contribution < 1.29 is 27.4 Å². The van der Waals surface area contributed by atoms with Crippen LogP contribution in [0.25, 0.3) is 0 Å². The zero-order valence-electron chi connectivity index (χ0n) is 12.2. The third-order valence-electron chi connectivity index (χ3n) is 3.50. The standard InChI is InChI=1S/C16H15F3O3/c1-10-4-6-13(7-5-10)15(16(17,18)19)9-12(14(20)21-3)8-11(2)22-15/h4-8H,2,9H2,1,3H3. The fourth-order valence-corrected chi connectivity index (χ4v) is 2.37. The van der Waals surface area contributed by atoms with Gasteiger partial charge in [0.2, 0.25) is 5.60 Å². The summed E-state index contributed by atoms with van der Waals surface area (Å²) >= 11 is 0. The van der Waals surface area contributed by atoms with Gasteiger partial charge in [-0.25, -0.2) is 4.79 Å². The van der Waals surface area contributed by atoms with Crippen LogP contribution in [0, 0.1) is 6.92 Å². The van der Waals surface area contributed by atoms with Crippen LogP contribution in [0.3, 0.4) is 0 Å². The Bertz CT molecular complexity index is 629. The number of hydrogen-bond donors (Lipinski definition) is 0. The SMILES string of the molecule is C=C1C=C(C(=O)OC)CC(c2ccc(C)cc2)(C(F)(F)F)O1. The maximum Gasteiger partial charge on any atom is 0.432 e. The van der Waals surface area contributed by atoms with E-state index in [1.807, 2.05) is 0 Å². The number of alkyl halides is 3. The van der Waals surface area contributed by atoms with Crippen molar-refractivity contribution in [1.82, 2.24) is 0 Å². The molecular weight excluding hydrogens is 297 g/mol. The first-order chi connectivity index (χ1) is 10.2. The topological polar surface area (TPSA) is 35.5 Å². The Balaban J connectivity index is 2.57. The van der Waals surface area contributed by atoms with E-state index in [4.69, 9.17) is 4.74 Å². The molecule has 0 amide bonds. The van der Waals surface area contributed by atoms with Gasteiger partial charge < -0.3 is 9.47 Å². The summed E-state index contributed by atoms with van der Waals surface area (Å²) in [5, 5.41) is 0. The van der Waals surface area contributed by atoms with Crippen molar-refractivity contribution in [3.05, 3.63) is 59.4 Å². The smallest absolute Gasteiger partial charge is 0.432 e. The van der Waals surface area contributed by atoms with E-state index in [2.05, 4.69) is 11.3 Å². The number of hydrogen-bond acceptors (Lipinski definition) is 3. The summed E-state index contributed by atoms with van der Waals surface area (Å²) in [6.45, 7) is 5.19. The van der Waals surface area contributed by atoms with Gasteiger partial charge in [0.25, 0.3) is 0 Å². The number of halogens is 3. The molecule has 0 saturated carbocycles. The molecule has 2 rings (SSSR count). The van der Waals surface area contributed by atoms with E-state index in [-0.39, 0.29) is 16.9 Å². The van der Waals surface area contributed by atoms with E-state index in [0.717, 1.165) is 12.7 Å². The summed E-state index contributed by atoms with van der Waals surface area (Å²) in [5.74, 6) is -1.06. The second-order valence-electron chi connectivity index (χ2n) is 5.10. The quantitative estimate of drug-likeness (QED) is 0.780. The fraction of sp³-hybridized carbons (Fsp3) is 0.312. The van der Waals surface area contributed by atoms with Crippen LogP contribution >= 0.6 is 0 Å². The normalized spacial score (nSPS) is 21.9. The van der Waals surface area contributed by atoms with Gasteiger partial charge in [-0.1, -0.05) is 36.4 Å². The molecule has 1 unspecified atom stereocenters. The molecule has 0 N–H and O–H groups in total. The van der Waals surface area contributed by atoms with Gasteiger partial charge in [-0.2, -0.15) is 13.2 Å². The second-order valence-corrected chi connectivity index (χ2v) is 5.10. The molecule has 1 aliphatic rings. The maximum absolute atomic E-state index is 13.8. The summed E-state index contributed by atoms with van der Waals surface area (Å²) in [5.41, 5.74) is -2.03. The lowest BCUT2D eigenvalue weighted by Crippen LogP contribution is -2.47. The average molecular weight is 312 g/mol. The highest BCUT2D eigenvalue weighted by atomic mass is 19.4. The van der Waals surface area contributed by atoms with Gasteiger partial charge in [0.1, 0.15) is 5.76 Å². The highest BCUT2D eigenvalue weighted by Crippen LogP contribution is 2.50. The monoisotopic (exact) mass is 312 g/mol. The van der Waals surface area contributed by atoms with E-state index in [1.54, 1.807) is 19.1 Å². The van der Waals surface area contributed by atoms with Gasteiger partial charge in [0, 0.05) is 17.6 Å². The molecule has 1 aromatic carbocycles. The lowest BCUT2D eigenvalue weighted by atomic mass is 9.83. The molecular formula is C16H15F3O3. The first-order valence-corrected chi connectivity index (χ1v) is 6.50. The van der Waals surface area contributed by atoms with Crippen LogP contribution in [0.1, 0.15) is 17.5 Å². The van der Waals surface area contributed by atoms with E-state index >= 15 is 0 Å². The maximum atomic E-state index is 13.8. The van der Waals surface area contributed by atoms with Gasteiger partial charge in [-0.05, 0) is 13.0 Å². The summed E-state index contributed by atoms with van der Waals surface area (Å²) < 4.78 is 50.9. The van der Waals surface area contributed by atoms with Crippen molar-refractivity contribution >= 4 is 5.97 Å². The molecule has 0 spiro atoms. The van der Waals surface area contributed by atoms with Gasteiger partial charge in [0.05, 0.1) is 7.11 Å². The molecule has 1 heterocycles. The fourth-order valence-electron chi connectivity index (χ4n) is 2.37. The second kappa shape index (κ2) is 5.51. The number of carbonyl (C=O) groups excluding carboxylic acids is 1. The molecule has 0 saturated heterocycles. The third-order valence-corrected chi connectivity index (χ3v) is 3.50. The predicted octanol–water partition coefficient (Wildman–Crippen LogP) is 3.79. The van der Waals surface area contributed by atoms with E-state index in [1.165, 1.54) is 18.2 Å². The first kappa shape index (κ1) is 16.1. The minimum Gasteiger partial charge on any atom is -0.473 e. The number of ether oxygens (including phenoxy) is 2. The molecule has 3 nitrogen and oxygen atoms in total. The zero-order valence-corrected chi connectivity index (χ0v) is 12.2. The average Bonchev–Trinajstić information content (AvgIpc) is 2.45. The van der Waals surface area contributed by atoms with Crippen molar-refractivity contribution in [3.8, 4) is 0 Å². The van der Waals surface area contributed by atoms with Crippen molar-refractivity contribution in [2.24, 2.45) is 0 Å². The van der Waals surface area contributed by atoms with E-state index in [0.29, 0.717) is 0 Å². The highest BCUT2D eigenvalue weighted by molar-refractivity contribution is 5.89. The summed E-state index contributed by atoms with van der Waals surface area (Å²) in [7, 11) is 1.11. The Kier molecular flexibility index (Phi) is 4.04. The summed E-state index contributed by atoms with van der Waals surface area (Å²) in [4.78, 5) is 11.7. The first-order valence-electron chi connectivity index (χ1n) is 6.50. The van der Waals surface area contributed by atoms with Crippen molar-refractivity contribution in [2.45, 2.75) is 25.1 Å². The Morgan fingerprint density at radius 1 is 1.32 bits per heavy atom. The van der Waals surface area contributed by atoms with E-state index in [9.17, 15) is 18.0 Å². The number of rotatable bonds is 2. The van der Waals surface area contributed by atoms with Crippen LogP contribution in [-0.2, 0) is 19.9 Å². The lowest BCUT2D eigenvalue weighted by molar-refractivity contribution is -0.273. The Labute approximate surface area is 126 Å². The Morgan fingerprint density at radius 2 is 1.91 bits per heavy atom. The van der Waals surface area contributed by atoms with E-state index < -0.39 is 24.2 Å².